The van der Waals surface area contributed by atoms with E-state index >= 15 is 0 Å². The van der Waals surface area contributed by atoms with Gasteiger partial charge in [0, 0.05) is 6.54 Å². The third-order valence-corrected chi connectivity index (χ3v) is 4.82. The Bertz CT molecular complexity index is 1250. The molecule has 0 saturated heterocycles. The van der Waals surface area contributed by atoms with Crippen molar-refractivity contribution in [1.29, 1.82) is 0 Å². The molecule has 4 rings (SSSR count). The number of nitrogens with zero attached hydrogens (tertiary/aromatic N) is 2. The number of phenols is 1. The highest BCUT2D eigenvalue weighted by Crippen LogP contribution is 2.28. The zero-order chi connectivity index (χ0) is 20.4. The Morgan fingerprint density at radius 1 is 1.07 bits per heavy atom. The van der Waals surface area contributed by atoms with Crippen LogP contribution in [-0.4, -0.2) is 21.8 Å². The number of aromatic hydroxyl groups is 1. The summed E-state index contributed by atoms with van der Waals surface area (Å²) in [6, 6.07) is 18.1. The molecule has 0 bridgehead atoms. The molecular weight excluding hydrogens is 371 g/mol. The smallest absolute Gasteiger partial charge is 0.261 e. The molecule has 0 aliphatic rings. The standard InChI is InChI=1S/C23H19FN2O3/c1-29-17-9-10-20-19(14-17)23(28)26(12-11-15-5-4-6-16(24)13-15)22(25-20)18-7-2-3-8-21(18)27/h2-10,13-14,27H,11-12H2,1H3. The Morgan fingerprint density at radius 2 is 1.90 bits per heavy atom. The average Bonchev–Trinajstić information content (AvgIpc) is 2.73. The van der Waals surface area contributed by atoms with Crippen molar-refractivity contribution in [3.8, 4) is 22.9 Å². The summed E-state index contributed by atoms with van der Waals surface area (Å²) in [7, 11) is 1.54. The predicted molar refractivity (Wildman–Crippen MR) is 110 cm³/mol. The minimum Gasteiger partial charge on any atom is -0.507 e. The fourth-order valence-electron chi connectivity index (χ4n) is 3.34. The lowest BCUT2D eigenvalue weighted by Crippen LogP contribution is -2.24. The highest BCUT2D eigenvalue weighted by atomic mass is 19.1. The van der Waals surface area contributed by atoms with Crippen LogP contribution < -0.4 is 10.3 Å². The molecule has 4 aromatic rings. The van der Waals surface area contributed by atoms with Crippen LogP contribution in [0.4, 0.5) is 4.39 Å². The van der Waals surface area contributed by atoms with Gasteiger partial charge in [0.05, 0.1) is 23.6 Å². The maximum absolute atomic E-state index is 13.5. The number of methoxy groups -OCH3 is 1. The van der Waals surface area contributed by atoms with Gasteiger partial charge in [0.15, 0.2) is 0 Å². The van der Waals surface area contributed by atoms with E-state index in [0.717, 1.165) is 5.56 Å². The topological polar surface area (TPSA) is 64.3 Å². The fraction of sp³-hybridized carbons (Fsp3) is 0.130. The molecule has 1 N–H and O–H groups in total. The lowest BCUT2D eigenvalue weighted by atomic mass is 10.1. The van der Waals surface area contributed by atoms with E-state index < -0.39 is 0 Å². The van der Waals surface area contributed by atoms with E-state index in [0.29, 0.717) is 34.5 Å². The molecule has 1 heterocycles. The summed E-state index contributed by atoms with van der Waals surface area (Å²) in [4.78, 5) is 17.9. The second kappa shape index (κ2) is 7.75. The maximum atomic E-state index is 13.5. The molecule has 0 saturated carbocycles. The van der Waals surface area contributed by atoms with Crippen molar-refractivity contribution in [3.63, 3.8) is 0 Å². The Morgan fingerprint density at radius 3 is 2.66 bits per heavy atom. The second-order valence-corrected chi connectivity index (χ2v) is 6.67. The zero-order valence-electron chi connectivity index (χ0n) is 15.8. The summed E-state index contributed by atoms with van der Waals surface area (Å²) in [5.74, 6) is 0.634. The first-order valence-corrected chi connectivity index (χ1v) is 9.18. The first kappa shape index (κ1) is 18.7. The molecule has 6 heteroatoms. The number of halogens is 1. The summed E-state index contributed by atoms with van der Waals surface area (Å²) < 4.78 is 20.3. The number of phenolic OH excluding ortho intramolecular Hbond substituents is 1. The number of hydrogen-bond donors (Lipinski definition) is 1. The Hall–Kier alpha value is -3.67. The number of hydrogen-bond acceptors (Lipinski definition) is 4. The minimum atomic E-state index is -0.322. The highest BCUT2D eigenvalue weighted by Gasteiger charge is 2.16. The number of para-hydroxylation sites is 1. The number of fused-ring (bicyclic) bond motifs is 1. The summed E-state index contributed by atoms with van der Waals surface area (Å²) in [5, 5.41) is 10.7. The minimum absolute atomic E-state index is 0.0340. The molecule has 0 atom stereocenters. The van der Waals surface area contributed by atoms with E-state index in [-0.39, 0.29) is 23.7 Å². The van der Waals surface area contributed by atoms with Crippen molar-refractivity contribution in [2.75, 3.05) is 7.11 Å². The third kappa shape index (κ3) is 3.69. The van der Waals surface area contributed by atoms with Gasteiger partial charge in [-0.1, -0.05) is 24.3 Å². The van der Waals surface area contributed by atoms with Crippen molar-refractivity contribution < 1.29 is 14.2 Å². The number of ether oxygens (including phenoxy) is 1. The van der Waals surface area contributed by atoms with Crippen LogP contribution in [0.25, 0.3) is 22.3 Å². The van der Waals surface area contributed by atoms with Gasteiger partial charge in [-0.2, -0.15) is 0 Å². The third-order valence-electron chi connectivity index (χ3n) is 4.82. The molecule has 0 spiro atoms. The van der Waals surface area contributed by atoms with Gasteiger partial charge in [0.25, 0.3) is 5.56 Å². The molecule has 0 unspecified atom stereocenters. The van der Waals surface area contributed by atoms with Crippen molar-refractivity contribution in [2.24, 2.45) is 0 Å². The van der Waals surface area contributed by atoms with Crippen LogP contribution >= 0.6 is 0 Å². The van der Waals surface area contributed by atoms with Gasteiger partial charge in [-0.25, -0.2) is 9.37 Å². The van der Waals surface area contributed by atoms with Crippen LogP contribution in [0.2, 0.25) is 0 Å². The van der Waals surface area contributed by atoms with Crippen molar-refractivity contribution in [2.45, 2.75) is 13.0 Å². The summed E-state index contributed by atoms with van der Waals surface area (Å²) >= 11 is 0. The quantitative estimate of drug-likeness (QED) is 0.556. The first-order valence-electron chi connectivity index (χ1n) is 9.18. The maximum Gasteiger partial charge on any atom is 0.261 e. The van der Waals surface area contributed by atoms with Crippen molar-refractivity contribution in [3.05, 3.63) is 88.5 Å². The van der Waals surface area contributed by atoms with E-state index in [1.165, 1.54) is 23.8 Å². The lowest BCUT2D eigenvalue weighted by Gasteiger charge is -2.15. The van der Waals surface area contributed by atoms with Gasteiger partial charge in [0.1, 0.15) is 23.1 Å². The molecule has 29 heavy (non-hydrogen) atoms. The molecule has 0 aliphatic heterocycles. The van der Waals surface area contributed by atoms with Gasteiger partial charge in [-0.3, -0.25) is 9.36 Å². The van der Waals surface area contributed by atoms with Crippen molar-refractivity contribution in [1.82, 2.24) is 9.55 Å². The highest BCUT2D eigenvalue weighted by molar-refractivity contribution is 5.82. The van der Waals surface area contributed by atoms with Crippen LogP contribution in [0, 0.1) is 5.82 Å². The number of aryl methyl sites for hydroxylation is 1. The molecule has 0 amide bonds. The molecule has 1 aromatic heterocycles. The molecular formula is C23H19FN2O3. The first-order chi connectivity index (χ1) is 14.1. The van der Waals surface area contributed by atoms with Crippen molar-refractivity contribution >= 4 is 10.9 Å². The van der Waals surface area contributed by atoms with Gasteiger partial charge in [-0.15, -0.1) is 0 Å². The molecule has 5 nitrogen and oxygen atoms in total. The monoisotopic (exact) mass is 390 g/mol. The summed E-state index contributed by atoms with van der Waals surface area (Å²) in [5.41, 5.74) is 1.49. The van der Waals surface area contributed by atoms with Crippen LogP contribution in [-0.2, 0) is 13.0 Å². The van der Waals surface area contributed by atoms with E-state index in [1.807, 2.05) is 6.07 Å². The second-order valence-electron chi connectivity index (χ2n) is 6.67. The fourth-order valence-corrected chi connectivity index (χ4v) is 3.34. The molecule has 0 fully saturated rings. The van der Waals surface area contributed by atoms with Gasteiger partial charge in [0.2, 0.25) is 0 Å². The van der Waals surface area contributed by atoms with Crippen LogP contribution in [0.3, 0.4) is 0 Å². The normalized spacial score (nSPS) is 11.0. The molecule has 0 aliphatic carbocycles. The zero-order valence-corrected chi connectivity index (χ0v) is 15.8. The van der Waals surface area contributed by atoms with Crippen LogP contribution in [0.5, 0.6) is 11.5 Å². The average molecular weight is 390 g/mol. The number of aromatic nitrogens is 2. The summed E-state index contributed by atoms with van der Waals surface area (Å²) in [6.45, 7) is 0.284. The van der Waals surface area contributed by atoms with Gasteiger partial charge < -0.3 is 9.84 Å². The van der Waals surface area contributed by atoms with Gasteiger partial charge in [-0.05, 0) is 54.4 Å². The van der Waals surface area contributed by atoms with Gasteiger partial charge >= 0.3 is 0 Å². The van der Waals surface area contributed by atoms with E-state index in [9.17, 15) is 14.3 Å². The van der Waals surface area contributed by atoms with E-state index in [1.54, 1.807) is 48.5 Å². The molecule has 146 valence electrons. The molecule has 0 radical (unpaired) electrons. The SMILES string of the molecule is COc1ccc2nc(-c3ccccc3O)n(CCc3cccc(F)c3)c(=O)c2c1. The van der Waals surface area contributed by atoms with E-state index in [4.69, 9.17) is 4.74 Å². The number of rotatable bonds is 5. The largest absolute Gasteiger partial charge is 0.507 e. The Labute approximate surface area is 166 Å². The van der Waals surface area contributed by atoms with Crippen LogP contribution in [0.15, 0.2) is 71.5 Å². The summed E-state index contributed by atoms with van der Waals surface area (Å²) in [6.07, 6.45) is 0.440. The number of benzene rings is 3. The Kier molecular flexibility index (Phi) is 4.99. The predicted octanol–water partition coefficient (Wildman–Crippen LogP) is 4.16. The Balaban J connectivity index is 1.88. The molecule has 3 aromatic carbocycles. The lowest BCUT2D eigenvalue weighted by molar-refractivity contribution is 0.415. The van der Waals surface area contributed by atoms with Crippen LogP contribution in [0.1, 0.15) is 5.56 Å². The van der Waals surface area contributed by atoms with E-state index in [2.05, 4.69) is 4.98 Å².